The van der Waals surface area contributed by atoms with E-state index in [4.69, 9.17) is 5.26 Å². The molecule has 3 aromatic rings. The zero-order valence-electron chi connectivity index (χ0n) is 8.84. The van der Waals surface area contributed by atoms with Gasteiger partial charge in [-0.2, -0.15) is 5.26 Å². The van der Waals surface area contributed by atoms with E-state index in [1.54, 1.807) is 17.7 Å². The van der Waals surface area contributed by atoms with Crippen molar-refractivity contribution in [2.45, 2.75) is 6.42 Å². The number of imidazole rings is 1. The molecule has 1 aromatic carbocycles. The molecule has 0 atom stereocenters. The summed E-state index contributed by atoms with van der Waals surface area (Å²) in [4.78, 5) is 11.7. The number of thiazole rings is 1. The maximum absolute atomic E-state index is 8.61. The van der Waals surface area contributed by atoms with Crippen LogP contribution in [0.25, 0.3) is 21.6 Å². The molecule has 1 N–H and O–H groups in total. The smallest absolute Gasteiger partial charge is 0.123 e. The van der Waals surface area contributed by atoms with E-state index in [0.29, 0.717) is 6.42 Å². The van der Waals surface area contributed by atoms with E-state index in [-0.39, 0.29) is 0 Å². The average Bonchev–Trinajstić information content (AvgIpc) is 2.96. The molecule has 0 radical (unpaired) electrons. The monoisotopic (exact) mass is 240 g/mol. The van der Waals surface area contributed by atoms with Gasteiger partial charge >= 0.3 is 0 Å². The zero-order valence-corrected chi connectivity index (χ0v) is 9.66. The predicted molar refractivity (Wildman–Crippen MR) is 66.5 cm³/mol. The number of nitriles is 1. The standard InChI is InChI=1S/C12H8N4S/c13-4-3-9-6-17-12(16-9)8-1-2-10-11(5-8)15-7-14-10/h1-2,5-7H,3H2,(H,14,15). The van der Waals surface area contributed by atoms with E-state index < -0.39 is 0 Å². The number of hydrogen-bond acceptors (Lipinski definition) is 4. The van der Waals surface area contributed by atoms with Gasteiger partial charge in [-0.25, -0.2) is 9.97 Å². The van der Waals surface area contributed by atoms with Gasteiger partial charge in [0.15, 0.2) is 0 Å². The van der Waals surface area contributed by atoms with Crippen molar-refractivity contribution in [3.8, 4) is 16.6 Å². The van der Waals surface area contributed by atoms with Crippen molar-refractivity contribution in [2.24, 2.45) is 0 Å². The highest BCUT2D eigenvalue weighted by Crippen LogP contribution is 2.26. The molecule has 0 saturated heterocycles. The highest BCUT2D eigenvalue weighted by Gasteiger charge is 2.06. The summed E-state index contributed by atoms with van der Waals surface area (Å²) in [6, 6.07) is 8.09. The summed E-state index contributed by atoms with van der Waals surface area (Å²) < 4.78 is 0. The number of hydrogen-bond donors (Lipinski definition) is 1. The molecule has 0 spiro atoms. The van der Waals surface area contributed by atoms with Gasteiger partial charge in [0.1, 0.15) is 5.01 Å². The van der Waals surface area contributed by atoms with E-state index in [1.165, 1.54) is 0 Å². The predicted octanol–water partition coefficient (Wildman–Crippen LogP) is 2.75. The quantitative estimate of drug-likeness (QED) is 0.749. The van der Waals surface area contributed by atoms with Crippen LogP contribution in [0.3, 0.4) is 0 Å². The third-order valence-electron chi connectivity index (χ3n) is 2.48. The van der Waals surface area contributed by atoms with Crippen molar-refractivity contribution in [3.05, 3.63) is 35.6 Å². The summed E-state index contributed by atoms with van der Waals surface area (Å²) >= 11 is 1.56. The molecule has 0 unspecified atom stereocenters. The van der Waals surface area contributed by atoms with Crippen LogP contribution < -0.4 is 0 Å². The van der Waals surface area contributed by atoms with Gasteiger partial charge in [-0.1, -0.05) is 0 Å². The number of H-pyrrole nitrogens is 1. The first-order chi connectivity index (χ1) is 8.36. The SMILES string of the molecule is N#CCc1csc(-c2ccc3nc[nH]c3c2)n1. The minimum absolute atomic E-state index is 0.364. The summed E-state index contributed by atoms with van der Waals surface area (Å²) in [6.45, 7) is 0. The van der Waals surface area contributed by atoms with Crippen LogP contribution >= 0.6 is 11.3 Å². The van der Waals surface area contributed by atoms with Crippen LogP contribution in [0.1, 0.15) is 5.69 Å². The topological polar surface area (TPSA) is 65.4 Å². The molecule has 0 saturated carbocycles. The molecule has 5 heteroatoms. The van der Waals surface area contributed by atoms with Gasteiger partial charge in [-0.15, -0.1) is 11.3 Å². The van der Waals surface area contributed by atoms with Gasteiger partial charge < -0.3 is 4.98 Å². The Bertz CT molecular complexity index is 704. The lowest BCUT2D eigenvalue weighted by Gasteiger charge is -1.95. The van der Waals surface area contributed by atoms with Gasteiger partial charge in [-0.3, -0.25) is 0 Å². The molecule has 0 bridgehead atoms. The van der Waals surface area contributed by atoms with Crippen molar-refractivity contribution in [1.82, 2.24) is 15.0 Å². The Kier molecular flexibility index (Phi) is 2.35. The molecule has 0 amide bonds. The van der Waals surface area contributed by atoms with Crippen molar-refractivity contribution < 1.29 is 0 Å². The summed E-state index contributed by atoms with van der Waals surface area (Å²) in [5, 5.41) is 11.5. The first kappa shape index (κ1) is 10.00. The van der Waals surface area contributed by atoms with Crippen molar-refractivity contribution in [3.63, 3.8) is 0 Å². The van der Waals surface area contributed by atoms with Gasteiger partial charge in [0, 0.05) is 10.9 Å². The normalized spacial score (nSPS) is 10.5. The molecule has 0 fully saturated rings. The van der Waals surface area contributed by atoms with Crippen LogP contribution in [-0.4, -0.2) is 15.0 Å². The minimum atomic E-state index is 0.364. The molecule has 0 aliphatic heterocycles. The lowest BCUT2D eigenvalue weighted by molar-refractivity contribution is 1.16. The van der Waals surface area contributed by atoms with Crippen LogP contribution in [0.2, 0.25) is 0 Å². The summed E-state index contributed by atoms with van der Waals surface area (Å²) in [7, 11) is 0. The fourth-order valence-corrected chi connectivity index (χ4v) is 2.49. The second-order valence-electron chi connectivity index (χ2n) is 3.61. The molecule has 3 rings (SSSR count). The van der Waals surface area contributed by atoms with Crippen LogP contribution in [0, 0.1) is 11.3 Å². The van der Waals surface area contributed by atoms with Gasteiger partial charge in [0.25, 0.3) is 0 Å². The molecule has 17 heavy (non-hydrogen) atoms. The minimum Gasteiger partial charge on any atom is -0.345 e. The maximum atomic E-state index is 8.61. The van der Waals surface area contributed by atoms with E-state index in [2.05, 4.69) is 21.0 Å². The third-order valence-corrected chi connectivity index (χ3v) is 3.42. The average molecular weight is 240 g/mol. The molecule has 2 heterocycles. The Balaban J connectivity index is 2.04. The molecular weight excluding hydrogens is 232 g/mol. The summed E-state index contributed by atoms with van der Waals surface area (Å²) in [5.74, 6) is 0. The van der Waals surface area contributed by atoms with Crippen LogP contribution in [0.15, 0.2) is 29.9 Å². The number of nitrogens with one attached hydrogen (secondary N) is 1. The number of benzene rings is 1. The number of fused-ring (bicyclic) bond motifs is 1. The molecular formula is C12H8N4S. The summed E-state index contributed by atoms with van der Waals surface area (Å²) in [6.07, 6.45) is 2.04. The summed E-state index contributed by atoms with van der Waals surface area (Å²) in [5.41, 5.74) is 3.83. The van der Waals surface area contributed by atoms with E-state index in [1.807, 2.05) is 23.6 Å². The first-order valence-electron chi connectivity index (χ1n) is 5.11. The van der Waals surface area contributed by atoms with Gasteiger partial charge in [0.05, 0.1) is 35.5 Å². The van der Waals surface area contributed by atoms with Crippen LogP contribution in [-0.2, 0) is 6.42 Å². The highest BCUT2D eigenvalue weighted by molar-refractivity contribution is 7.13. The largest absolute Gasteiger partial charge is 0.345 e. The van der Waals surface area contributed by atoms with E-state index in [9.17, 15) is 0 Å². The molecule has 0 aliphatic rings. The highest BCUT2D eigenvalue weighted by atomic mass is 32.1. The van der Waals surface area contributed by atoms with Gasteiger partial charge in [-0.05, 0) is 18.2 Å². The molecule has 0 aliphatic carbocycles. The Morgan fingerprint density at radius 1 is 1.41 bits per heavy atom. The molecule has 82 valence electrons. The lowest BCUT2D eigenvalue weighted by Crippen LogP contribution is -1.82. The van der Waals surface area contributed by atoms with E-state index in [0.717, 1.165) is 27.3 Å². The first-order valence-corrected chi connectivity index (χ1v) is 5.99. The number of aromatic nitrogens is 3. The maximum Gasteiger partial charge on any atom is 0.123 e. The Morgan fingerprint density at radius 3 is 3.24 bits per heavy atom. The molecule has 2 aromatic heterocycles. The van der Waals surface area contributed by atoms with Crippen molar-refractivity contribution in [2.75, 3.05) is 0 Å². The van der Waals surface area contributed by atoms with Crippen molar-refractivity contribution in [1.29, 1.82) is 5.26 Å². The Hall–Kier alpha value is -2.19. The van der Waals surface area contributed by atoms with Gasteiger partial charge in [0.2, 0.25) is 0 Å². The number of aromatic amines is 1. The second-order valence-corrected chi connectivity index (χ2v) is 4.47. The Morgan fingerprint density at radius 2 is 2.35 bits per heavy atom. The zero-order chi connectivity index (χ0) is 11.7. The van der Waals surface area contributed by atoms with Crippen molar-refractivity contribution >= 4 is 22.4 Å². The lowest BCUT2D eigenvalue weighted by atomic mass is 10.2. The number of nitrogens with zero attached hydrogens (tertiary/aromatic N) is 3. The second kappa shape index (κ2) is 4.00. The third kappa shape index (κ3) is 1.79. The van der Waals surface area contributed by atoms with Crippen LogP contribution in [0.4, 0.5) is 0 Å². The Labute approximate surface area is 102 Å². The fraction of sp³-hybridized carbons (Fsp3) is 0.0833. The number of rotatable bonds is 2. The molecule has 4 nitrogen and oxygen atoms in total. The fourth-order valence-electron chi connectivity index (χ4n) is 1.67. The van der Waals surface area contributed by atoms with E-state index >= 15 is 0 Å². The van der Waals surface area contributed by atoms with Crippen LogP contribution in [0.5, 0.6) is 0 Å².